The summed E-state index contributed by atoms with van der Waals surface area (Å²) in [6.45, 7) is 6.68. The molecule has 2 aliphatic rings. The van der Waals surface area contributed by atoms with Crippen LogP contribution in [0, 0.1) is 5.92 Å². The number of epoxide rings is 1. The van der Waals surface area contributed by atoms with Crippen LogP contribution in [0.4, 0.5) is 4.79 Å². The lowest BCUT2D eigenvalue weighted by molar-refractivity contribution is 0.0166. The second-order valence-electron chi connectivity index (χ2n) is 5.47. The van der Waals surface area contributed by atoms with E-state index in [1.54, 1.807) is 4.90 Å². The number of piperidine rings is 1. The first-order chi connectivity index (χ1) is 7.40. The third-order valence-corrected chi connectivity index (χ3v) is 2.83. The second kappa shape index (κ2) is 3.89. The lowest BCUT2D eigenvalue weighted by Gasteiger charge is -2.31. The molecule has 5 heteroatoms. The first kappa shape index (κ1) is 11.7. The van der Waals surface area contributed by atoms with Gasteiger partial charge in [0.05, 0.1) is 19.3 Å². The number of carbonyl (C=O) groups excluding carboxylic acids is 1. The van der Waals surface area contributed by atoms with Gasteiger partial charge in [0.2, 0.25) is 0 Å². The first-order valence-electron chi connectivity index (χ1n) is 5.65. The van der Waals surface area contributed by atoms with Crippen LogP contribution >= 0.6 is 0 Å². The summed E-state index contributed by atoms with van der Waals surface area (Å²) >= 11 is 0. The van der Waals surface area contributed by atoms with Crippen LogP contribution in [0.5, 0.6) is 0 Å². The van der Waals surface area contributed by atoms with Gasteiger partial charge in [-0.05, 0) is 20.8 Å². The molecule has 3 atom stereocenters. The molecule has 1 amide bonds. The zero-order valence-corrected chi connectivity index (χ0v) is 9.97. The molecular formula is C11H19NO4. The molecule has 2 aliphatic heterocycles. The number of amides is 1. The van der Waals surface area contributed by atoms with Crippen molar-refractivity contribution in [1.82, 2.24) is 4.90 Å². The van der Waals surface area contributed by atoms with E-state index >= 15 is 0 Å². The summed E-state index contributed by atoms with van der Waals surface area (Å²) in [4.78, 5) is 13.4. The first-order valence-corrected chi connectivity index (χ1v) is 5.65. The molecule has 1 N–H and O–H groups in total. The predicted molar refractivity (Wildman–Crippen MR) is 57.0 cm³/mol. The third-order valence-electron chi connectivity index (χ3n) is 2.83. The maximum absolute atomic E-state index is 11.8. The highest BCUT2D eigenvalue weighted by Crippen LogP contribution is 2.35. The summed E-state index contributed by atoms with van der Waals surface area (Å²) in [5, 5.41) is 9.16. The number of carbonyl (C=O) groups is 1. The van der Waals surface area contributed by atoms with Crippen LogP contribution in [-0.2, 0) is 9.47 Å². The average molecular weight is 229 g/mol. The monoisotopic (exact) mass is 229 g/mol. The minimum atomic E-state index is -0.479. The Balaban J connectivity index is 1.92. The van der Waals surface area contributed by atoms with Crippen molar-refractivity contribution in [2.24, 2.45) is 5.92 Å². The van der Waals surface area contributed by atoms with Crippen molar-refractivity contribution < 1.29 is 19.4 Å². The number of likely N-dealkylation sites (tertiary alicyclic amines) is 1. The fourth-order valence-corrected chi connectivity index (χ4v) is 2.03. The van der Waals surface area contributed by atoms with Crippen molar-refractivity contribution in [3.63, 3.8) is 0 Å². The third kappa shape index (κ3) is 2.47. The Morgan fingerprint density at radius 1 is 1.50 bits per heavy atom. The van der Waals surface area contributed by atoms with E-state index in [1.807, 2.05) is 20.8 Å². The van der Waals surface area contributed by atoms with Gasteiger partial charge in [0.1, 0.15) is 11.7 Å². The zero-order chi connectivity index (χ0) is 11.9. The summed E-state index contributed by atoms with van der Waals surface area (Å²) in [6.07, 6.45) is -0.0815. The van der Waals surface area contributed by atoms with Crippen molar-refractivity contribution >= 4 is 6.09 Å². The molecule has 2 fully saturated rings. The molecule has 92 valence electrons. The van der Waals surface area contributed by atoms with Gasteiger partial charge in [0, 0.05) is 12.5 Å². The largest absolute Gasteiger partial charge is 0.444 e. The Labute approximate surface area is 95.3 Å². The molecule has 0 aliphatic carbocycles. The van der Waals surface area contributed by atoms with Gasteiger partial charge in [-0.3, -0.25) is 0 Å². The molecule has 0 saturated carbocycles. The Hall–Kier alpha value is -0.810. The highest BCUT2D eigenvalue weighted by molar-refractivity contribution is 5.68. The Kier molecular flexibility index (Phi) is 2.84. The van der Waals surface area contributed by atoms with Crippen molar-refractivity contribution in [2.75, 3.05) is 19.7 Å². The maximum Gasteiger partial charge on any atom is 0.410 e. The van der Waals surface area contributed by atoms with Crippen molar-refractivity contribution in [1.29, 1.82) is 0 Å². The van der Waals surface area contributed by atoms with Gasteiger partial charge in [-0.2, -0.15) is 0 Å². The maximum atomic E-state index is 11.8. The minimum Gasteiger partial charge on any atom is -0.444 e. The molecule has 0 aromatic carbocycles. The standard InChI is InChI=1S/C11H19NO4/c1-11(2,3)16-10(14)12-4-7(6-13)9-8(5-12)15-9/h7-9,13H,4-6H2,1-3H3/t7-,8+,9-/m1/s1. The van der Waals surface area contributed by atoms with Gasteiger partial charge in [-0.25, -0.2) is 4.79 Å². The second-order valence-corrected chi connectivity index (χ2v) is 5.47. The predicted octanol–water partition coefficient (Wildman–Crippen LogP) is 0.613. The normalized spacial score (nSPS) is 33.2. The van der Waals surface area contributed by atoms with Gasteiger partial charge in [-0.15, -0.1) is 0 Å². The zero-order valence-electron chi connectivity index (χ0n) is 9.97. The molecule has 0 unspecified atom stereocenters. The van der Waals surface area contributed by atoms with E-state index in [1.165, 1.54) is 0 Å². The van der Waals surface area contributed by atoms with E-state index in [-0.39, 0.29) is 30.8 Å². The molecular weight excluding hydrogens is 210 g/mol. The summed E-state index contributed by atoms with van der Waals surface area (Å²) in [7, 11) is 0. The van der Waals surface area contributed by atoms with E-state index in [2.05, 4.69) is 0 Å². The van der Waals surface area contributed by atoms with Gasteiger partial charge < -0.3 is 19.5 Å². The van der Waals surface area contributed by atoms with Crippen LogP contribution in [0.1, 0.15) is 20.8 Å². The molecule has 5 nitrogen and oxygen atoms in total. The number of aliphatic hydroxyl groups excluding tert-OH is 1. The number of hydrogen-bond acceptors (Lipinski definition) is 4. The van der Waals surface area contributed by atoms with Crippen LogP contribution in [-0.4, -0.2) is 53.6 Å². The van der Waals surface area contributed by atoms with Crippen LogP contribution in [0.3, 0.4) is 0 Å². The summed E-state index contributed by atoms with van der Waals surface area (Å²) < 4.78 is 10.7. The van der Waals surface area contributed by atoms with E-state index < -0.39 is 5.60 Å². The number of fused-ring (bicyclic) bond motifs is 1. The molecule has 2 heterocycles. The van der Waals surface area contributed by atoms with Crippen LogP contribution in [0.2, 0.25) is 0 Å². The van der Waals surface area contributed by atoms with Crippen molar-refractivity contribution in [2.45, 2.75) is 38.6 Å². The summed E-state index contributed by atoms with van der Waals surface area (Å²) in [5.41, 5.74) is -0.479. The van der Waals surface area contributed by atoms with Gasteiger partial charge in [-0.1, -0.05) is 0 Å². The van der Waals surface area contributed by atoms with Gasteiger partial charge in [0.15, 0.2) is 0 Å². The molecule has 0 radical (unpaired) electrons. The molecule has 2 rings (SSSR count). The van der Waals surface area contributed by atoms with Crippen molar-refractivity contribution in [3.8, 4) is 0 Å². The molecule has 2 saturated heterocycles. The topological polar surface area (TPSA) is 62.3 Å². The van der Waals surface area contributed by atoms with Gasteiger partial charge in [0.25, 0.3) is 0 Å². The SMILES string of the molecule is CC(C)(C)OC(=O)N1C[C@H](CO)[C@H]2O[C@H]2C1. The minimum absolute atomic E-state index is 0.0336. The lowest BCUT2D eigenvalue weighted by Crippen LogP contribution is -2.47. The summed E-state index contributed by atoms with van der Waals surface area (Å²) in [5.74, 6) is 0.0336. The molecule has 0 spiro atoms. The van der Waals surface area contributed by atoms with E-state index in [4.69, 9.17) is 14.6 Å². The molecule has 16 heavy (non-hydrogen) atoms. The number of ether oxygens (including phenoxy) is 2. The van der Waals surface area contributed by atoms with E-state index in [0.717, 1.165) is 0 Å². The number of nitrogens with zero attached hydrogens (tertiary/aromatic N) is 1. The van der Waals surface area contributed by atoms with Crippen LogP contribution in [0.25, 0.3) is 0 Å². The highest BCUT2D eigenvalue weighted by atomic mass is 16.6. The number of aliphatic hydroxyl groups is 1. The van der Waals surface area contributed by atoms with Gasteiger partial charge >= 0.3 is 6.09 Å². The summed E-state index contributed by atoms with van der Waals surface area (Å²) in [6, 6.07) is 0. The van der Waals surface area contributed by atoms with Crippen LogP contribution in [0.15, 0.2) is 0 Å². The highest BCUT2D eigenvalue weighted by Gasteiger charge is 2.51. The Bertz CT molecular complexity index is 286. The average Bonchev–Trinajstić information content (AvgIpc) is 2.91. The molecule has 0 bridgehead atoms. The van der Waals surface area contributed by atoms with E-state index in [0.29, 0.717) is 13.1 Å². The smallest absolute Gasteiger partial charge is 0.410 e. The van der Waals surface area contributed by atoms with E-state index in [9.17, 15) is 4.79 Å². The van der Waals surface area contributed by atoms with Crippen LogP contribution < -0.4 is 0 Å². The fraction of sp³-hybridized carbons (Fsp3) is 0.909. The molecule has 0 aromatic heterocycles. The Morgan fingerprint density at radius 2 is 2.19 bits per heavy atom. The Morgan fingerprint density at radius 3 is 2.75 bits per heavy atom. The molecule has 0 aromatic rings. The number of hydrogen-bond donors (Lipinski definition) is 1. The lowest BCUT2D eigenvalue weighted by atomic mass is 9.99. The quantitative estimate of drug-likeness (QED) is 0.669. The number of rotatable bonds is 1. The fourth-order valence-electron chi connectivity index (χ4n) is 2.03. The van der Waals surface area contributed by atoms with Crippen molar-refractivity contribution in [3.05, 3.63) is 0 Å².